The van der Waals surface area contributed by atoms with E-state index in [9.17, 15) is 9.59 Å². The number of ether oxygens (including phenoxy) is 1. The number of pyridine rings is 1. The molecule has 3 aromatic carbocycles. The minimum atomic E-state index is -0.935. The maximum atomic E-state index is 13.8. The minimum absolute atomic E-state index is 0.225. The highest BCUT2D eigenvalue weighted by atomic mass is 35.5. The highest BCUT2D eigenvalue weighted by molar-refractivity contribution is 6.43. The summed E-state index contributed by atoms with van der Waals surface area (Å²) in [5, 5.41) is 1.68. The fourth-order valence-electron chi connectivity index (χ4n) is 5.58. The van der Waals surface area contributed by atoms with E-state index >= 15 is 0 Å². The second-order valence-corrected chi connectivity index (χ2v) is 10.7. The van der Waals surface area contributed by atoms with E-state index in [0.29, 0.717) is 34.1 Å². The smallest absolute Gasteiger partial charge is 0.339 e. The third kappa shape index (κ3) is 4.70. The van der Waals surface area contributed by atoms with Crippen molar-refractivity contribution in [1.82, 2.24) is 4.98 Å². The number of rotatable bonds is 4. The van der Waals surface area contributed by atoms with Crippen LogP contribution in [0.15, 0.2) is 66.7 Å². The van der Waals surface area contributed by atoms with E-state index in [-0.39, 0.29) is 5.91 Å². The van der Waals surface area contributed by atoms with E-state index in [2.05, 4.69) is 0 Å². The molecule has 2 heterocycles. The molecule has 0 N–H and O–H groups in total. The van der Waals surface area contributed by atoms with Crippen molar-refractivity contribution in [1.29, 1.82) is 0 Å². The van der Waals surface area contributed by atoms with Crippen molar-refractivity contribution in [3.05, 3.63) is 105 Å². The van der Waals surface area contributed by atoms with Gasteiger partial charge >= 0.3 is 5.97 Å². The van der Waals surface area contributed by atoms with Gasteiger partial charge in [-0.25, -0.2) is 9.78 Å². The standard InChI is InChI=1S/C32H26Cl2N2O3/c1-19(31(37)36-17-16-20-8-2-5-15-27(20)36)39-32(38)28-23-11-3-4-14-26(23)35-30-22(10-6-12-24(28)30)18-21-9-7-13-25(33)29(21)34/h2-5,7-9,11,13-15,18-19H,6,10,12,16-17H2,1H3/b22-18-. The highest BCUT2D eigenvalue weighted by Gasteiger charge is 2.32. The van der Waals surface area contributed by atoms with Crippen LogP contribution in [0.5, 0.6) is 0 Å². The first-order chi connectivity index (χ1) is 18.9. The Kier molecular flexibility index (Phi) is 6.88. The van der Waals surface area contributed by atoms with Crippen LogP contribution in [0.3, 0.4) is 0 Å². The molecule has 1 atom stereocenters. The Hall–Kier alpha value is -3.67. The second-order valence-electron chi connectivity index (χ2n) is 9.91. The molecule has 2 aliphatic rings. The zero-order chi connectivity index (χ0) is 27.1. The number of esters is 1. The number of aromatic nitrogens is 1. The van der Waals surface area contributed by atoms with Crippen molar-refractivity contribution in [2.24, 2.45) is 0 Å². The number of carbonyl (C=O) groups is 2. The largest absolute Gasteiger partial charge is 0.449 e. The lowest BCUT2D eigenvalue weighted by Gasteiger charge is -2.25. The molecule has 0 bridgehead atoms. The number of nitrogens with zero attached hydrogens (tertiary/aromatic N) is 2. The molecule has 0 radical (unpaired) electrons. The van der Waals surface area contributed by atoms with Gasteiger partial charge in [-0.3, -0.25) is 4.79 Å². The number of hydrogen-bond donors (Lipinski definition) is 0. The van der Waals surface area contributed by atoms with Gasteiger partial charge in [-0.15, -0.1) is 0 Å². The van der Waals surface area contributed by atoms with Crippen molar-refractivity contribution >= 4 is 63.3 Å². The van der Waals surface area contributed by atoms with Crippen LogP contribution >= 0.6 is 23.2 Å². The van der Waals surface area contributed by atoms with Gasteiger partial charge in [-0.2, -0.15) is 0 Å². The van der Waals surface area contributed by atoms with Crippen molar-refractivity contribution in [3.63, 3.8) is 0 Å². The lowest BCUT2D eigenvalue weighted by molar-refractivity contribution is -0.126. The molecule has 0 saturated carbocycles. The number of hydrogen-bond acceptors (Lipinski definition) is 4. The number of fused-ring (bicyclic) bond motifs is 3. The van der Waals surface area contributed by atoms with Gasteiger partial charge in [0.2, 0.25) is 0 Å². The Bertz CT molecular complexity index is 1660. The van der Waals surface area contributed by atoms with Crippen LogP contribution in [0.1, 0.15) is 52.5 Å². The van der Waals surface area contributed by atoms with Gasteiger partial charge in [0, 0.05) is 17.6 Å². The first-order valence-electron chi connectivity index (χ1n) is 13.1. The fourth-order valence-corrected chi connectivity index (χ4v) is 5.95. The molecule has 1 unspecified atom stereocenters. The Labute approximate surface area is 237 Å². The van der Waals surface area contributed by atoms with Crippen molar-refractivity contribution in [3.8, 4) is 0 Å². The SMILES string of the molecule is CC(OC(=O)c1c2c(nc3ccccc13)/C(=C\c1cccc(Cl)c1Cl)CCC2)C(=O)N1CCc2ccccc21. The van der Waals surface area contributed by atoms with Gasteiger partial charge < -0.3 is 9.64 Å². The average molecular weight is 557 g/mol. The first kappa shape index (κ1) is 25.6. The summed E-state index contributed by atoms with van der Waals surface area (Å²) in [6.07, 6.45) is 4.17. The van der Waals surface area contributed by atoms with E-state index < -0.39 is 12.1 Å². The zero-order valence-electron chi connectivity index (χ0n) is 21.4. The van der Waals surface area contributed by atoms with Crippen LogP contribution in [-0.2, 0) is 22.4 Å². The zero-order valence-corrected chi connectivity index (χ0v) is 22.9. The first-order valence-corrected chi connectivity index (χ1v) is 13.8. The predicted molar refractivity (Wildman–Crippen MR) is 156 cm³/mol. The Morgan fingerprint density at radius 2 is 1.77 bits per heavy atom. The van der Waals surface area contributed by atoms with Gasteiger partial charge in [0.15, 0.2) is 6.10 Å². The molecule has 196 valence electrons. The number of amides is 1. The number of benzene rings is 3. The molecule has 0 fully saturated rings. The molecular weight excluding hydrogens is 531 g/mol. The molecule has 1 aromatic heterocycles. The molecule has 1 aliphatic carbocycles. The summed E-state index contributed by atoms with van der Waals surface area (Å²) in [5.74, 6) is -0.739. The van der Waals surface area contributed by atoms with Gasteiger partial charge in [0.1, 0.15) is 0 Å². The molecule has 7 heteroatoms. The molecule has 39 heavy (non-hydrogen) atoms. The normalized spacial score (nSPS) is 16.2. The summed E-state index contributed by atoms with van der Waals surface area (Å²) in [4.78, 5) is 33.8. The van der Waals surface area contributed by atoms with Crippen LogP contribution in [0.2, 0.25) is 10.0 Å². The summed E-state index contributed by atoms with van der Waals surface area (Å²) in [6, 6.07) is 20.9. The second kappa shape index (κ2) is 10.5. The van der Waals surface area contributed by atoms with Crippen LogP contribution in [0, 0.1) is 0 Å². The Morgan fingerprint density at radius 1 is 0.974 bits per heavy atom. The van der Waals surface area contributed by atoms with Crippen LogP contribution in [-0.4, -0.2) is 29.5 Å². The molecule has 5 nitrogen and oxygen atoms in total. The van der Waals surface area contributed by atoms with Gasteiger partial charge in [-0.1, -0.05) is 71.7 Å². The van der Waals surface area contributed by atoms with Gasteiger partial charge in [0.25, 0.3) is 5.91 Å². The number of anilines is 1. The third-order valence-corrected chi connectivity index (χ3v) is 8.30. The van der Waals surface area contributed by atoms with Crippen LogP contribution in [0.25, 0.3) is 22.6 Å². The maximum absolute atomic E-state index is 13.8. The summed E-state index contributed by atoms with van der Waals surface area (Å²) < 4.78 is 5.87. The fraction of sp³-hybridized carbons (Fsp3) is 0.219. The van der Waals surface area contributed by atoms with Gasteiger partial charge in [0.05, 0.1) is 26.8 Å². The predicted octanol–water partition coefficient (Wildman–Crippen LogP) is 7.55. The molecule has 1 aliphatic heterocycles. The van der Waals surface area contributed by atoms with Crippen molar-refractivity contribution in [2.45, 2.75) is 38.7 Å². The minimum Gasteiger partial charge on any atom is -0.449 e. The van der Waals surface area contributed by atoms with E-state index in [1.54, 1.807) is 17.9 Å². The van der Waals surface area contributed by atoms with Crippen molar-refractivity contribution in [2.75, 3.05) is 11.4 Å². The quantitative estimate of drug-likeness (QED) is 0.243. The number of para-hydroxylation sites is 2. The Balaban J connectivity index is 1.37. The van der Waals surface area contributed by atoms with E-state index in [0.717, 1.165) is 58.3 Å². The van der Waals surface area contributed by atoms with Crippen LogP contribution < -0.4 is 4.90 Å². The van der Waals surface area contributed by atoms with Crippen molar-refractivity contribution < 1.29 is 14.3 Å². The van der Waals surface area contributed by atoms with E-state index in [1.807, 2.05) is 66.7 Å². The highest BCUT2D eigenvalue weighted by Crippen LogP contribution is 2.38. The summed E-state index contributed by atoms with van der Waals surface area (Å²) in [6.45, 7) is 2.22. The molecule has 6 rings (SSSR count). The summed E-state index contributed by atoms with van der Waals surface area (Å²) >= 11 is 12.7. The summed E-state index contributed by atoms with van der Waals surface area (Å²) in [7, 11) is 0. The third-order valence-electron chi connectivity index (χ3n) is 7.47. The molecule has 4 aromatic rings. The molecule has 0 spiro atoms. The average Bonchev–Trinajstić information content (AvgIpc) is 3.38. The summed E-state index contributed by atoms with van der Waals surface area (Å²) in [5.41, 5.74) is 6.55. The van der Waals surface area contributed by atoms with E-state index in [4.69, 9.17) is 32.9 Å². The number of halogens is 2. The molecule has 1 amide bonds. The number of allylic oxidation sites excluding steroid dienone is 1. The Morgan fingerprint density at radius 3 is 2.64 bits per heavy atom. The van der Waals surface area contributed by atoms with Crippen LogP contribution in [0.4, 0.5) is 5.69 Å². The topological polar surface area (TPSA) is 59.5 Å². The number of carbonyl (C=O) groups excluding carboxylic acids is 2. The van der Waals surface area contributed by atoms with E-state index in [1.165, 1.54) is 0 Å². The maximum Gasteiger partial charge on any atom is 0.339 e. The van der Waals surface area contributed by atoms with Gasteiger partial charge in [-0.05, 0) is 79.1 Å². The molecule has 0 saturated heterocycles. The molecular formula is C32H26Cl2N2O3. The lowest BCUT2D eigenvalue weighted by atomic mass is 9.86. The lowest BCUT2D eigenvalue weighted by Crippen LogP contribution is -2.39. The monoisotopic (exact) mass is 556 g/mol.